The van der Waals surface area contributed by atoms with E-state index in [4.69, 9.17) is 36.8 Å². The minimum absolute atomic E-state index is 0.598. The molecule has 0 atom stereocenters. The lowest BCUT2D eigenvalue weighted by Gasteiger charge is -2.34. The van der Waals surface area contributed by atoms with Crippen LogP contribution in [-0.4, -0.2) is 44.3 Å². The van der Waals surface area contributed by atoms with Crippen LogP contribution in [0.4, 0.5) is 0 Å². The molecule has 0 aliphatic heterocycles. The highest BCUT2D eigenvalue weighted by molar-refractivity contribution is 8.22. The maximum absolute atomic E-state index is 6.71. The van der Waals surface area contributed by atoms with Gasteiger partial charge in [-0.15, -0.1) is 11.6 Å². The SMILES string of the molecule is CCCC[Si](C)(C)O[Si](C)(C)CCc1ccc(CCl)cc1.CCCC[Si](C)(C)O[Si](C)(C)CCc1ccc(CSC(=S)OCC)cc1. The van der Waals surface area contributed by atoms with Gasteiger partial charge < -0.3 is 13.0 Å². The molecule has 0 bridgehead atoms. The summed E-state index contributed by atoms with van der Waals surface area (Å²) < 4.78 is 19.3. The van der Waals surface area contributed by atoms with Crippen molar-refractivity contribution in [1.82, 2.24) is 0 Å². The van der Waals surface area contributed by atoms with Gasteiger partial charge in [0.15, 0.2) is 33.3 Å². The molecule has 2 aromatic rings. The molecule has 268 valence electrons. The van der Waals surface area contributed by atoms with Crippen LogP contribution in [0.25, 0.3) is 0 Å². The summed E-state index contributed by atoms with van der Waals surface area (Å²) in [5.74, 6) is 1.47. The van der Waals surface area contributed by atoms with Crippen molar-refractivity contribution in [3.8, 4) is 0 Å². The summed E-state index contributed by atoms with van der Waals surface area (Å²) in [6.45, 7) is 26.2. The number of alkyl halides is 1. The van der Waals surface area contributed by atoms with E-state index >= 15 is 0 Å². The fraction of sp³-hybridized carbons (Fsp3) is 0.649. The van der Waals surface area contributed by atoms with Crippen LogP contribution in [0.1, 0.15) is 68.7 Å². The molecule has 0 aliphatic rings. The number of hydrogen-bond acceptors (Lipinski definition) is 5. The highest BCUT2D eigenvalue weighted by Gasteiger charge is 2.33. The van der Waals surface area contributed by atoms with Gasteiger partial charge in [0.1, 0.15) is 0 Å². The molecule has 0 heterocycles. The van der Waals surface area contributed by atoms with Gasteiger partial charge in [-0.1, -0.05) is 99.8 Å². The number of unbranched alkanes of at least 4 members (excludes halogenated alkanes) is 2. The summed E-state index contributed by atoms with van der Waals surface area (Å²) in [6.07, 6.45) is 7.39. The molecule has 2 rings (SSSR count). The normalized spacial score (nSPS) is 12.4. The molecule has 0 radical (unpaired) electrons. The van der Waals surface area contributed by atoms with Crippen molar-refractivity contribution in [2.24, 2.45) is 0 Å². The quantitative estimate of drug-likeness (QED) is 0.0759. The third kappa shape index (κ3) is 21.6. The van der Waals surface area contributed by atoms with Crippen molar-refractivity contribution >= 4 is 73.2 Å². The molecule has 2 aromatic carbocycles. The molecule has 0 aliphatic carbocycles. The van der Waals surface area contributed by atoms with Gasteiger partial charge in [0, 0.05) is 11.6 Å². The molecule has 10 heteroatoms. The van der Waals surface area contributed by atoms with Gasteiger partial charge in [0.2, 0.25) is 4.38 Å². The highest BCUT2D eigenvalue weighted by Crippen LogP contribution is 2.26. The van der Waals surface area contributed by atoms with E-state index in [1.54, 1.807) is 11.8 Å². The van der Waals surface area contributed by atoms with Crippen molar-refractivity contribution in [1.29, 1.82) is 0 Å². The maximum atomic E-state index is 6.71. The largest absolute Gasteiger partial charge is 0.479 e. The third-order valence-corrected chi connectivity index (χ3v) is 24.7. The van der Waals surface area contributed by atoms with Gasteiger partial charge in [0.05, 0.1) is 6.61 Å². The Morgan fingerprint density at radius 3 is 1.32 bits per heavy atom. The molecule has 0 N–H and O–H groups in total. The van der Waals surface area contributed by atoms with E-state index in [1.807, 2.05) is 6.92 Å². The molecule has 0 aromatic heterocycles. The summed E-state index contributed by atoms with van der Waals surface area (Å²) >= 11 is 12.6. The Bertz CT molecular complexity index is 1140. The number of aryl methyl sites for hydroxylation is 2. The first kappa shape index (κ1) is 44.8. The number of ether oxygens (including phenoxy) is 1. The number of rotatable bonds is 20. The smallest absolute Gasteiger partial charge is 0.220 e. The van der Waals surface area contributed by atoms with Gasteiger partial charge in [-0.05, 0) is 131 Å². The van der Waals surface area contributed by atoms with E-state index in [2.05, 4.69) is 115 Å². The zero-order valence-electron chi connectivity index (χ0n) is 31.7. The number of thiocarbonyl (C=S) groups is 1. The molecule has 0 saturated carbocycles. The summed E-state index contributed by atoms with van der Waals surface area (Å²) in [4.78, 5) is 0. The Morgan fingerprint density at radius 2 is 0.957 bits per heavy atom. The third-order valence-electron chi connectivity index (χ3n) is 8.22. The fourth-order valence-electron chi connectivity index (χ4n) is 5.69. The van der Waals surface area contributed by atoms with Gasteiger partial charge in [0.25, 0.3) is 0 Å². The lowest BCUT2D eigenvalue weighted by atomic mass is 10.1. The molecule has 47 heavy (non-hydrogen) atoms. The molecular formula is C37H67ClO3S2Si4. The summed E-state index contributed by atoms with van der Waals surface area (Å²) in [7, 11) is -6.13. The first-order valence-electron chi connectivity index (χ1n) is 17.9. The van der Waals surface area contributed by atoms with Crippen LogP contribution in [0.5, 0.6) is 0 Å². The molecule has 0 amide bonds. The predicted octanol–water partition coefficient (Wildman–Crippen LogP) is 13.2. The van der Waals surface area contributed by atoms with E-state index < -0.39 is 33.3 Å². The minimum Gasteiger partial charge on any atom is -0.479 e. The second-order valence-electron chi connectivity index (χ2n) is 15.2. The number of hydrogen-bond donors (Lipinski definition) is 0. The van der Waals surface area contributed by atoms with Crippen molar-refractivity contribution in [3.63, 3.8) is 0 Å². The van der Waals surface area contributed by atoms with E-state index in [1.165, 1.54) is 72.1 Å². The Balaban J connectivity index is 0.000000481. The van der Waals surface area contributed by atoms with Gasteiger partial charge in [-0.3, -0.25) is 0 Å². The standard InChI is InChI=1S/C20H36O2S2Si2.C17H31ClOSi2/c1-7-9-15-25(3,4)22-26(5,6)16-14-18-10-12-19(13-11-18)17-24-20(23)21-8-2;1-6-7-13-20(2,3)19-21(4,5)14-12-16-8-10-17(15-18)11-9-16/h10-13H,7-9,14-17H2,1-6H3;8-11H,6-7,12-15H2,1-5H3. The molecule has 0 saturated heterocycles. The summed E-state index contributed by atoms with van der Waals surface area (Å²) in [5.41, 5.74) is 5.30. The highest BCUT2D eigenvalue weighted by atomic mass is 35.5. The van der Waals surface area contributed by atoms with Crippen molar-refractivity contribution < 1.29 is 13.0 Å². The summed E-state index contributed by atoms with van der Waals surface area (Å²) in [5, 5.41) is 0. The zero-order valence-corrected chi connectivity index (χ0v) is 38.1. The van der Waals surface area contributed by atoms with Crippen LogP contribution in [0.2, 0.25) is 76.6 Å². The average molecular weight is 772 g/mol. The van der Waals surface area contributed by atoms with Gasteiger partial charge in [-0.25, -0.2) is 0 Å². The predicted molar refractivity (Wildman–Crippen MR) is 227 cm³/mol. The van der Waals surface area contributed by atoms with Crippen LogP contribution in [0.3, 0.4) is 0 Å². The van der Waals surface area contributed by atoms with Crippen LogP contribution >= 0.6 is 35.6 Å². The van der Waals surface area contributed by atoms with E-state index in [9.17, 15) is 0 Å². The first-order chi connectivity index (χ1) is 21.9. The molecule has 0 spiro atoms. The molecule has 3 nitrogen and oxygen atoms in total. The average Bonchev–Trinajstić information content (AvgIpc) is 3.00. The Labute approximate surface area is 309 Å². The van der Waals surface area contributed by atoms with Gasteiger partial charge >= 0.3 is 0 Å². The first-order valence-corrected chi connectivity index (χ1v) is 32.3. The van der Waals surface area contributed by atoms with E-state index in [-0.39, 0.29) is 0 Å². The topological polar surface area (TPSA) is 27.7 Å². The Hall–Kier alpha value is -0.242. The van der Waals surface area contributed by atoms with Crippen LogP contribution < -0.4 is 0 Å². The second kappa shape index (κ2) is 22.5. The van der Waals surface area contributed by atoms with Crippen LogP contribution in [0.15, 0.2) is 48.5 Å². The van der Waals surface area contributed by atoms with Crippen molar-refractivity contribution in [2.45, 2.75) is 147 Å². The summed E-state index contributed by atoms with van der Waals surface area (Å²) in [6, 6.07) is 22.6. The van der Waals surface area contributed by atoms with Crippen molar-refractivity contribution in [3.05, 3.63) is 70.8 Å². The van der Waals surface area contributed by atoms with E-state index in [0.717, 1.165) is 18.6 Å². The lowest BCUT2D eigenvalue weighted by Crippen LogP contribution is -2.44. The molecule has 0 fully saturated rings. The number of thioether (sulfide) groups is 1. The lowest BCUT2D eigenvalue weighted by molar-refractivity contribution is 0.346. The van der Waals surface area contributed by atoms with Crippen LogP contribution in [0, 0.1) is 0 Å². The Morgan fingerprint density at radius 1 is 0.596 bits per heavy atom. The Kier molecular flexibility index (Phi) is 21.5. The maximum Gasteiger partial charge on any atom is 0.220 e. The fourth-order valence-corrected chi connectivity index (χ4v) is 24.6. The number of benzene rings is 2. The van der Waals surface area contributed by atoms with E-state index in [0.29, 0.717) is 16.9 Å². The molecular weight excluding hydrogens is 704 g/mol. The van der Waals surface area contributed by atoms with Crippen molar-refractivity contribution in [2.75, 3.05) is 6.61 Å². The second-order valence-corrected chi connectivity index (χ2v) is 34.7. The minimum atomic E-state index is -1.60. The van der Waals surface area contributed by atoms with Crippen LogP contribution in [-0.2, 0) is 37.4 Å². The number of halogens is 1. The monoisotopic (exact) mass is 770 g/mol. The van der Waals surface area contributed by atoms with Gasteiger partial charge in [-0.2, -0.15) is 0 Å². The zero-order chi connectivity index (χ0) is 35.6. The molecule has 0 unspecified atom stereocenters.